The number of carbonyl (C=O) groups is 1. The zero-order valence-electron chi connectivity index (χ0n) is 8.11. The van der Waals surface area contributed by atoms with Crippen molar-refractivity contribution in [2.45, 2.75) is 13.8 Å². The van der Waals surface area contributed by atoms with Crippen molar-refractivity contribution in [1.82, 2.24) is 10.4 Å². The van der Waals surface area contributed by atoms with Gasteiger partial charge in [0.15, 0.2) is 0 Å². The standard InChI is InChI=1S/C9H12N4O/c1-6(12-13-7(2)14)8-3-4-9(10)11-5-8/h3-5H,1-2H3,(H2,10,11)(H,13,14)/b12-6-. The largest absolute Gasteiger partial charge is 0.384 e. The van der Waals surface area contributed by atoms with Crippen LogP contribution in [0.1, 0.15) is 19.4 Å². The van der Waals surface area contributed by atoms with Crippen LogP contribution in [0.15, 0.2) is 23.4 Å². The normalized spacial score (nSPS) is 11.1. The Kier molecular flexibility index (Phi) is 3.17. The molecule has 0 unspecified atom stereocenters. The molecular weight excluding hydrogens is 180 g/mol. The summed E-state index contributed by atoms with van der Waals surface area (Å²) >= 11 is 0. The lowest BCUT2D eigenvalue weighted by atomic mass is 10.2. The maximum Gasteiger partial charge on any atom is 0.236 e. The summed E-state index contributed by atoms with van der Waals surface area (Å²) in [6.45, 7) is 3.18. The summed E-state index contributed by atoms with van der Waals surface area (Å²) in [6, 6.07) is 3.48. The van der Waals surface area contributed by atoms with E-state index in [0.717, 1.165) is 5.56 Å². The summed E-state index contributed by atoms with van der Waals surface area (Å²) in [5.41, 5.74) is 9.29. The first-order valence-corrected chi connectivity index (χ1v) is 4.12. The second kappa shape index (κ2) is 4.36. The summed E-state index contributed by atoms with van der Waals surface area (Å²) < 4.78 is 0. The molecule has 0 bridgehead atoms. The molecule has 1 aromatic rings. The Morgan fingerprint density at radius 1 is 1.50 bits per heavy atom. The highest BCUT2D eigenvalue weighted by atomic mass is 16.2. The lowest BCUT2D eigenvalue weighted by molar-refractivity contribution is -0.118. The average Bonchev–Trinajstić information content (AvgIpc) is 2.15. The molecule has 1 heterocycles. The summed E-state index contributed by atoms with van der Waals surface area (Å²) in [5, 5.41) is 3.86. The van der Waals surface area contributed by atoms with Crippen LogP contribution in [0.4, 0.5) is 5.82 Å². The number of nitrogens with zero attached hydrogens (tertiary/aromatic N) is 2. The molecule has 74 valence electrons. The maximum absolute atomic E-state index is 10.6. The molecular formula is C9H12N4O. The van der Waals surface area contributed by atoms with Crippen molar-refractivity contribution < 1.29 is 4.79 Å². The predicted octanol–water partition coefficient (Wildman–Crippen LogP) is 0.524. The van der Waals surface area contributed by atoms with Crippen LogP contribution < -0.4 is 11.2 Å². The Labute approximate surface area is 82.0 Å². The molecule has 0 radical (unpaired) electrons. The van der Waals surface area contributed by atoms with E-state index in [1.807, 2.05) is 0 Å². The van der Waals surface area contributed by atoms with Crippen LogP contribution in [0.25, 0.3) is 0 Å². The van der Waals surface area contributed by atoms with Crippen molar-refractivity contribution in [3.8, 4) is 0 Å². The Bertz CT molecular complexity index is 356. The van der Waals surface area contributed by atoms with Gasteiger partial charge in [-0.1, -0.05) is 0 Å². The molecule has 0 aliphatic carbocycles. The molecule has 0 aliphatic heterocycles. The SMILES string of the molecule is CC(=O)N/N=C(/C)c1ccc(N)nc1. The van der Waals surface area contributed by atoms with Crippen molar-refractivity contribution >= 4 is 17.4 Å². The van der Waals surface area contributed by atoms with Gasteiger partial charge in [-0.15, -0.1) is 0 Å². The summed E-state index contributed by atoms with van der Waals surface area (Å²) in [6.07, 6.45) is 1.61. The highest BCUT2D eigenvalue weighted by molar-refractivity contribution is 5.99. The number of nitrogens with one attached hydrogen (secondary N) is 1. The lowest BCUT2D eigenvalue weighted by Crippen LogP contribution is -2.15. The molecule has 0 aromatic carbocycles. The summed E-state index contributed by atoms with van der Waals surface area (Å²) in [7, 11) is 0. The van der Waals surface area contributed by atoms with Crippen LogP contribution in [-0.4, -0.2) is 16.6 Å². The van der Waals surface area contributed by atoms with Crippen LogP contribution in [-0.2, 0) is 4.79 Å². The molecule has 5 heteroatoms. The molecule has 0 atom stereocenters. The van der Waals surface area contributed by atoms with Gasteiger partial charge in [-0.2, -0.15) is 5.10 Å². The number of pyridine rings is 1. The van der Waals surface area contributed by atoms with E-state index in [4.69, 9.17) is 5.73 Å². The Morgan fingerprint density at radius 2 is 2.21 bits per heavy atom. The third-order valence-corrected chi connectivity index (χ3v) is 1.59. The van der Waals surface area contributed by atoms with Gasteiger partial charge < -0.3 is 5.73 Å². The molecule has 0 saturated carbocycles. The minimum Gasteiger partial charge on any atom is -0.384 e. The molecule has 0 spiro atoms. The van der Waals surface area contributed by atoms with Crippen molar-refractivity contribution in [3.63, 3.8) is 0 Å². The van der Waals surface area contributed by atoms with E-state index in [0.29, 0.717) is 11.5 Å². The van der Waals surface area contributed by atoms with Gasteiger partial charge in [0, 0.05) is 18.7 Å². The van der Waals surface area contributed by atoms with Crippen LogP contribution in [0.5, 0.6) is 0 Å². The number of hydrazone groups is 1. The van der Waals surface area contributed by atoms with Gasteiger partial charge in [0.25, 0.3) is 0 Å². The number of aromatic nitrogens is 1. The molecule has 0 fully saturated rings. The highest BCUT2D eigenvalue weighted by Gasteiger charge is 1.97. The second-order valence-electron chi connectivity index (χ2n) is 2.84. The number of amides is 1. The first-order valence-electron chi connectivity index (χ1n) is 4.12. The summed E-state index contributed by atoms with van der Waals surface area (Å²) in [5.74, 6) is 0.258. The fourth-order valence-electron chi connectivity index (χ4n) is 0.846. The summed E-state index contributed by atoms with van der Waals surface area (Å²) in [4.78, 5) is 14.5. The third kappa shape index (κ3) is 2.85. The van der Waals surface area contributed by atoms with Crippen molar-refractivity contribution in [2.24, 2.45) is 5.10 Å². The minimum absolute atomic E-state index is 0.201. The van der Waals surface area contributed by atoms with Gasteiger partial charge in [0.2, 0.25) is 5.91 Å². The smallest absolute Gasteiger partial charge is 0.236 e. The average molecular weight is 192 g/mol. The Balaban J connectivity index is 2.78. The van der Waals surface area contributed by atoms with Gasteiger partial charge in [-0.05, 0) is 19.1 Å². The zero-order valence-corrected chi connectivity index (χ0v) is 8.11. The number of rotatable bonds is 2. The minimum atomic E-state index is -0.201. The van der Waals surface area contributed by atoms with Crippen molar-refractivity contribution in [2.75, 3.05) is 5.73 Å². The Morgan fingerprint density at radius 3 is 2.71 bits per heavy atom. The quantitative estimate of drug-likeness (QED) is 0.529. The van der Waals surface area contributed by atoms with Gasteiger partial charge >= 0.3 is 0 Å². The van der Waals surface area contributed by atoms with Crippen molar-refractivity contribution in [3.05, 3.63) is 23.9 Å². The predicted molar refractivity (Wildman–Crippen MR) is 54.7 cm³/mol. The van der Waals surface area contributed by atoms with Crippen LogP contribution in [0.3, 0.4) is 0 Å². The van der Waals surface area contributed by atoms with Crippen LogP contribution >= 0.6 is 0 Å². The second-order valence-corrected chi connectivity index (χ2v) is 2.84. The number of hydrogen-bond acceptors (Lipinski definition) is 4. The monoisotopic (exact) mass is 192 g/mol. The number of nitrogen functional groups attached to an aromatic ring is 1. The molecule has 1 aromatic heterocycles. The molecule has 1 amide bonds. The first kappa shape index (κ1) is 10.2. The van der Waals surface area contributed by atoms with Gasteiger partial charge in [0.05, 0.1) is 5.71 Å². The molecule has 14 heavy (non-hydrogen) atoms. The van der Waals surface area contributed by atoms with E-state index < -0.39 is 0 Å². The fourth-order valence-corrected chi connectivity index (χ4v) is 0.846. The first-order chi connectivity index (χ1) is 6.59. The van der Waals surface area contributed by atoms with E-state index in [-0.39, 0.29) is 5.91 Å². The zero-order chi connectivity index (χ0) is 10.6. The topological polar surface area (TPSA) is 80.4 Å². The van der Waals surface area contributed by atoms with Crippen LogP contribution in [0, 0.1) is 0 Å². The van der Waals surface area contributed by atoms with E-state index in [1.54, 1.807) is 25.3 Å². The Hall–Kier alpha value is -1.91. The maximum atomic E-state index is 10.6. The van der Waals surface area contributed by atoms with Crippen LogP contribution in [0.2, 0.25) is 0 Å². The third-order valence-electron chi connectivity index (χ3n) is 1.59. The lowest BCUT2D eigenvalue weighted by Gasteiger charge is -2.00. The highest BCUT2D eigenvalue weighted by Crippen LogP contribution is 2.02. The molecule has 3 N–H and O–H groups in total. The number of hydrogen-bond donors (Lipinski definition) is 2. The number of anilines is 1. The van der Waals surface area contributed by atoms with E-state index >= 15 is 0 Å². The fraction of sp³-hybridized carbons (Fsp3) is 0.222. The number of nitrogens with two attached hydrogens (primary N) is 1. The molecule has 5 nitrogen and oxygen atoms in total. The van der Waals surface area contributed by atoms with E-state index in [2.05, 4.69) is 15.5 Å². The van der Waals surface area contributed by atoms with E-state index in [9.17, 15) is 4.79 Å². The molecule has 0 aliphatic rings. The van der Waals surface area contributed by atoms with Crippen molar-refractivity contribution in [1.29, 1.82) is 0 Å². The van der Waals surface area contributed by atoms with E-state index in [1.165, 1.54) is 6.92 Å². The van der Waals surface area contributed by atoms with Gasteiger partial charge in [-0.3, -0.25) is 4.79 Å². The molecule has 1 rings (SSSR count). The van der Waals surface area contributed by atoms with Gasteiger partial charge in [-0.25, -0.2) is 10.4 Å². The number of carbonyl (C=O) groups excluding carboxylic acids is 1. The molecule has 0 saturated heterocycles. The van der Waals surface area contributed by atoms with Gasteiger partial charge in [0.1, 0.15) is 5.82 Å².